The van der Waals surface area contributed by atoms with Gasteiger partial charge < -0.3 is 25.4 Å². The molecule has 0 fully saturated rings. The zero-order valence-electron chi connectivity index (χ0n) is 13.5. The molecular formula is C15H24N4O3. The number of carbonyl (C=O) groups is 1. The highest BCUT2D eigenvalue weighted by atomic mass is 16.5. The molecule has 0 aliphatic rings. The number of amides is 1. The van der Waals surface area contributed by atoms with Crippen molar-refractivity contribution in [3.05, 3.63) is 23.8 Å². The zero-order valence-corrected chi connectivity index (χ0v) is 13.5. The summed E-state index contributed by atoms with van der Waals surface area (Å²) in [6.45, 7) is 3.00. The van der Waals surface area contributed by atoms with Crippen LogP contribution in [0.1, 0.15) is 12.5 Å². The van der Waals surface area contributed by atoms with Gasteiger partial charge in [0.25, 0.3) is 5.91 Å². The summed E-state index contributed by atoms with van der Waals surface area (Å²) >= 11 is 0. The summed E-state index contributed by atoms with van der Waals surface area (Å²) in [6.07, 6.45) is 0. The summed E-state index contributed by atoms with van der Waals surface area (Å²) in [7, 11) is 5.07. The average Bonchev–Trinajstić information content (AvgIpc) is 2.54. The van der Waals surface area contributed by atoms with Gasteiger partial charge in [-0.1, -0.05) is 6.07 Å². The van der Waals surface area contributed by atoms with Gasteiger partial charge in [-0.3, -0.25) is 9.79 Å². The number of hydrogen-bond donors (Lipinski definition) is 3. The molecule has 0 heterocycles. The van der Waals surface area contributed by atoms with Gasteiger partial charge in [0.15, 0.2) is 24.1 Å². The number of benzene rings is 1. The van der Waals surface area contributed by atoms with E-state index in [9.17, 15) is 4.79 Å². The number of nitrogens with zero attached hydrogens (tertiary/aromatic N) is 1. The smallest absolute Gasteiger partial charge is 0.257 e. The third kappa shape index (κ3) is 5.51. The van der Waals surface area contributed by atoms with E-state index >= 15 is 0 Å². The van der Waals surface area contributed by atoms with Crippen molar-refractivity contribution >= 4 is 11.9 Å². The highest BCUT2D eigenvalue weighted by molar-refractivity contribution is 5.79. The molecule has 122 valence electrons. The molecule has 0 aromatic heterocycles. The van der Waals surface area contributed by atoms with Crippen LogP contribution in [-0.2, 0) is 11.3 Å². The molecule has 0 unspecified atom stereocenters. The Morgan fingerprint density at radius 2 is 2.05 bits per heavy atom. The Labute approximate surface area is 131 Å². The van der Waals surface area contributed by atoms with Crippen molar-refractivity contribution < 1.29 is 14.3 Å². The first-order chi connectivity index (χ1) is 10.6. The number of hydrogen-bond acceptors (Lipinski definition) is 4. The van der Waals surface area contributed by atoms with E-state index in [4.69, 9.17) is 9.47 Å². The summed E-state index contributed by atoms with van der Waals surface area (Å²) < 4.78 is 10.8. The molecule has 0 spiro atoms. The fourth-order valence-electron chi connectivity index (χ4n) is 1.80. The third-order valence-corrected chi connectivity index (χ3v) is 2.88. The van der Waals surface area contributed by atoms with Crippen LogP contribution in [0.25, 0.3) is 0 Å². The summed E-state index contributed by atoms with van der Waals surface area (Å²) in [6, 6.07) is 5.56. The summed E-state index contributed by atoms with van der Waals surface area (Å²) in [5.74, 6) is 1.67. The highest BCUT2D eigenvalue weighted by Gasteiger charge is 2.08. The van der Waals surface area contributed by atoms with E-state index in [-0.39, 0.29) is 12.5 Å². The van der Waals surface area contributed by atoms with E-state index in [2.05, 4.69) is 20.9 Å². The second kappa shape index (κ2) is 9.49. The molecule has 1 aromatic carbocycles. The van der Waals surface area contributed by atoms with Crippen LogP contribution in [0, 0.1) is 0 Å². The number of likely N-dealkylation sites (N-methyl/N-ethyl adjacent to an activating group) is 1. The topological polar surface area (TPSA) is 84.0 Å². The predicted octanol–water partition coefficient (Wildman–Crippen LogP) is 0.505. The Balaban J connectivity index is 2.68. The number of guanidine groups is 1. The van der Waals surface area contributed by atoms with Crippen molar-refractivity contribution in [2.75, 3.05) is 34.4 Å². The van der Waals surface area contributed by atoms with E-state index in [0.717, 1.165) is 5.56 Å². The fraction of sp³-hybridized carbons (Fsp3) is 0.467. The first-order valence-electron chi connectivity index (χ1n) is 7.09. The van der Waals surface area contributed by atoms with Gasteiger partial charge in [0.05, 0.1) is 7.11 Å². The van der Waals surface area contributed by atoms with Gasteiger partial charge in [0.2, 0.25) is 0 Å². The van der Waals surface area contributed by atoms with Crippen molar-refractivity contribution in [2.24, 2.45) is 4.99 Å². The molecule has 0 bridgehead atoms. The standard InChI is InChI=1S/C15H24N4O3/c1-5-18-14(20)10-22-12-7-6-11(8-13(12)21-4)9-19-15(16-2)17-3/h6-8H,5,9-10H2,1-4H3,(H,18,20)(H2,16,17,19). The molecule has 0 atom stereocenters. The van der Waals surface area contributed by atoms with Gasteiger partial charge in [-0.05, 0) is 24.6 Å². The summed E-state index contributed by atoms with van der Waals surface area (Å²) in [4.78, 5) is 15.5. The Morgan fingerprint density at radius 1 is 1.27 bits per heavy atom. The van der Waals surface area contributed by atoms with Crippen LogP contribution in [0.2, 0.25) is 0 Å². The van der Waals surface area contributed by atoms with Gasteiger partial charge >= 0.3 is 0 Å². The van der Waals surface area contributed by atoms with Gasteiger partial charge in [-0.25, -0.2) is 0 Å². The Bertz CT molecular complexity index is 518. The monoisotopic (exact) mass is 308 g/mol. The number of aliphatic imine (C=N–C) groups is 1. The highest BCUT2D eigenvalue weighted by Crippen LogP contribution is 2.27. The van der Waals surface area contributed by atoms with Crippen molar-refractivity contribution in [3.63, 3.8) is 0 Å². The second-order valence-corrected chi connectivity index (χ2v) is 4.40. The Kier molecular flexibility index (Phi) is 7.60. The van der Waals surface area contributed by atoms with Crippen molar-refractivity contribution in [3.8, 4) is 11.5 Å². The normalized spacial score (nSPS) is 10.8. The lowest BCUT2D eigenvalue weighted by Crippen LogP contribution is -2.34. The lowest BCUT2D eigenvalue weighted by molar-refractivity contribution is -0.123. The van der Waals surface area contributed by atoms with E-state index in [1.165, 1.54) is 0 Å². The lowest BCUT2D eigenvalue weighted by Gasteiger charge is -2.13. The van der Waals surface area contributed by atoms with Crippen LogP contribution in [0.15, 0.2) is 23.2 Å². The number of methoxy groups -OCH3 is 1. The van der Waals surface area contributed by atoms with E-state index in [1.54, 1.807) is 27.3 Å². The molecule has 3 N–H and O–H groups in total. The van der Waals surface area contributed by atoms with E-state index in [1.807, 2.05) is 19.1 Å². The minimum atomic E-state index is -0.159. The van der Waals surface area contributed by atoms with Gasteiger partial charge in [0.1, 0.15) is 0 Å². The first kappa shape index (κ1) is 17.6. The van der Waals surface area contributed by atoms with E-state index in [0.29, 0.717) is 30.5 Å². The minimum Gasteiger partial charge on any atom is -0.493 e. The lowest BCUT2D eigenvalue weighted by atomic mass is 10.2. The van der Waals surface area contributed by atoms with Crippen molar-refractivity contribution in [1.29, 1.82) is 0 Å². The van der Waals surface area contributed by atoms with Crippen LogP contribution < -0.4 is 25.4 Å². The first-order valence-corrected chi connectivity index (χ1v) is 7.09. The molecule has 1 rings (SSSR count). The zero-order chi connectivity index (χ0) is 16.4. The molecule has 7 nitrogen and oxygen atoms in total. The van der Waals surface area contributed by atoms with Crippen molar-refractivity contribution in [1.82, 2.24) is 16.0 Å². The van der Waals surface area contributed by atoms with Crippen LogP contribution >= 0.6 is 0 Å². The summed E-state index contributed by atoms with van der Waals surface area (Å²) in [5, 5.41) is 8.77. The van der Waals surface area contributed by atoms with Gasteiger partial charge in [-0.2, -0.15) is 0 Å². The minimum absolute atomic E-state index is 0.0335. The van der Waals surface area contributed by atoms with Crippen LogP contribution in [0.3, 0.4) is 0 Å². The third-order valence-electron chi connectivity index (χ3n) is 2.88. The molecule has 0 aliphatic heterocycles. The summed E-state index contributed by atoms with van der Waals surface area (Å²) in [5.41, 5.74) is 1.01. The molecule has 0 aliphatic carbocycles. The van der Waals surface area contributed by atoms with Gasteiger partial charge in [-0.15, -0.1) is 0 Å². The van der Waals surface area contributed by atoms with Gasteiger partial charge in [0, 0.05) is 27.2 Å². The molecule has 7 heteroatoms. The largest absolute Gasteiger partial charge is 0.493 e. The maximum atomic E-state index is 11.4. The molecule has 1 aromatic rings. The van der Waals surface area contributed by atoms with Crippen molar-refractivity contribution in [2.45, 2.75) is 13.5 Å². The maximum Gasteiger partial charge on any atom is 0.257 e. The molecular weight excluding hydrogens is 284 g/mol. The van der Waals surface area contributed by atoms with E-state index < -0.39 is 0 Å². The molecule has 0 saturated carbocycles. The quantitative estimate of drug-likeness (QED) is 0.505. The predicted molar refractivity (Wildman–Crippen MR) is 86.4 cm³/mol. The fourth-order valence-corrected chi connectivity index (χ4v) is 1.80. The van der Waals surface area contributed by atoms with Crippen LogP contribution in [0.5, 0.6) is 11.5 Å². The SMILES string of the molecule is CCNC(=O)COc1ccc(CNC(=NC)NC)cc1OC. The second-order valence-electron chi connectivity index (χ2n) is 4.40. The average molecular weight is 308 g/mol. The molecule has 1 amide bonds. The molecule has 22 heavy (non-hydrogen) atoms. The molecule has 0 saturated heterocycles. The number of carbonyl (C=O) groups excluding carboxylic acids is 1. The number of nitrogens with one attached hydrogen (secondary N) is 3. The maximum absolute atomic E-state index is 11.4. The Hall–Kier alpha value is -2.44. The molecule has 0 radical (unpaired) electrons. The number of ether oxygens (including phenoxy) is 2. The number of rotatable bonds is 7. The Morgan fingerprint density at radius 3 is 2.64 bits per heavy atom. The van der Waals surface area contributed by atoms with Crippen LogP contribution in [-0.4, -0.2) is 46.2 Å². The van der Waals surface area contributed by atoms with Crippen LogP contribution in [0.4, 0.5) is 0 Å².